The molecule has 25 heavy (non-hydrogen) atoms. The minimum Gasteiger partial charge on any atom is -0.484 e. The molecule has 1 aliphatic heterocycles. The average molecular weight is 383 g/mol. The third-order valence-corrected chi connectivity index (χ3v) is 3.97. The summed E-state index contributed by atoms with van der Waals surface area (Å²) in [5, 5.41) is 5.96. The first-order valence-electron chi connectivity index (χ1n) is 7.67. The molecule has 1 amide bonds. The molecule has 0 radical (unpaired) electrons. The van der Waals surface area contributed by atoms with Crippen LogP contribution in [-0.4, -0.2) is 44.5 Å². The molecule has 0 bridgehead atoms. The van der Waals surface area contributed by atoms with Crippen LogP contribution >= 0.6 is 12.4 Å². The first-order valence-corrected chi connectivity index (χ1v) is 7.67. The van der Waals surface area contributed by atoms with Gasteiger partial charge in [-0.05, 0) is 43.6 Å². The predicted molar refractivity (Wildman–Crippen MR) is 88.9 cm³/mol. The first kappa shape index (κ1) is 21.5. The van der Waals surface area contributed by atoms with Gasteiger partial charge in [0.15, 0.2) is 6.61 Å². The molecule has 5 nitrogen and oxygen atoms in total. The largest absolute Gasteiger partial charge is 0.484 e. The number of benzene rings is 1. The van der Waals surface area contributed by atoms with Gasteiger partial charge in [-0.3, -0.25) is 4.79 Å². The topological polar surface area (TPSA) is 59.6 Å². The SMILES string of the molecule is COC1(C(=O)NCc2cccc(OCC(F)(F)F)c2)CCNCC1.Cl. The van der Waals surface area contributed by atoms with E-state index >= 15 is 0 Å². The molecule has 1 aliphatic rings. The van der Waals surface area contributed by atoms with Gasteiger partial charge < -0.3 is 20.1 Å². The molecule has 0 atom stereocenters. The van der Waals surface area contributed by atoms with E-state index in [9.17, 15) is 18.0 Å². The van der Waals surface area contributed by atoms with Crippen LogP contribution in [0.3, 0.4) is 0 Å². The molecule has 9 heteroatoms. The van der Waals surface area contributed by atoms with Gasteiger partial charge >= 0.3 is 6.18 Å². The van der Waals surface area contributed by atoms with Crippen molar-refractivity contribution in [2.24, 2.45) is 0 Å². The number of hydrogen-bond donors (Lipinski definition) is 2. The second kappa shape index (κ2) is 9.26. The first-order chi connectivity index (χ1) is 11.3. The Hall–Kier alpha value is -1.51. The monoisotopic (exact) mass is 382 g/mol. The van der Waals surface area contributed by atoms with E-state index in [0.717, 1.165) is 0 Å². The van der Waals surface area contributed by atoms with Gasteiger partial charge in [0, 0.05) is 13.7 Å². The number of nitrogens with one attached hydrogen (secondary N) is 2. The third kappa shape index (κ3) is 6.37. The van der Waals surface area contributed by atoms with E-state index in [1.165, 1.54) is 19.2 Å². The van der Waals surface area contributed by atoms with Crippen molar-refractivity contribution in [3.8, 4) is 5.75 Å². The Morgan fingerprint density at radius 2 is 2.00 bits per heavy atom. The predicted octanol–water partition coefficient (Wildman–Crippen LogP) is 2.43. The minimum atomic E-state index is -4.38. The maximum absolute atomic E-state index is 12.4. The van der Waals surface area contributed by atoms with Gasteiger partial charge in [0.25, 0.3) is 5.91 Å². The minimum absolute atomic E-state index is 0. The zero-order chi connectivity index (χ0) is 17.6. The molecule has 1 saturated heterocycles. The number of carbonyl (C=O) groups is 1. The highest BCUT2D eigenvalue weighted by Gasteiger charge is 2.39. The van der Waals surface area contributed by atoms with Crippen LogP contribution < -0.4 is 15.4 Å². The summed E-state index contributed by atoms with van der Waals surface area (Å²) in [4.78, 5) is 12.4. The molecule has 0 aliphatic carbocycles. The molecule has 1 heterocycles. The number of alkyl halides is 3. The van der Waals surface area contributed by atoms with Gasteiger partial charge in [-0.15, -0.1) is 12.4 Å². The second-order valence-corrected chi connectivity index (χ2v) is 5.68. The Labute approximate surface area is 150 Å². The summed E-state index contributed by atoms with van der Waals surface area (Å²) in [6.07, 6.45) is -3.24. The van der Waals surface area contributed by atoms with E-state index in [2.05, 4.69) is 10.6 Å². The maximum atomic E-state index is 12.4. The lowest BCUT2D eigenvalue weighted by Gasteiger charge is -2.34. The average Bonchev–Trinajstić information content (AvgIpc) is 2.58. The third-order valence-electron chi connectivity index (χ3n) is 3.97. The van der Waals surface area contributed by atoms with Crippen molar-refractivity contribution < 1.29 is 27.4 Å². The summed E-state index contributed by atoms with van der Waals surface area (Å²) in [6.45, 7) is 0.243. The fourth-order valence-corrected chi connectivity index (χ4v) is 2.61. The van der Waals surface area contributed by atoms with E-state index in [1.54, 1.807) is 12.1 Å². The molecule has 2 N–H and O–H groups in total. The molecular formula is C16H22ClF3N2O3. The second-order valence-electron chi connectivity index (χ2n) is 5.68. The normalized spacial score (nSPS) is 16.6. The van der Waals surface area contributed by atoms with Crippen LogP contribution in [0.25, 0.3) is 0 Å². The van der Waals surface area contributed by atoms with Crippen LogP contribution in [0.2, 0.25) is 0 Å². The van der Waals surface area contributed by atoms with Crippen molar-refractivity contribution in [2.45, 2.75) is 31.2 Å². The van der Waals surface area contributed by atoms with Gasteiger partial charge in [0.05, 0.1) is 0 Å². The molecule has 0 saturated carbocycles. The quantitative estimate of drug-likeness (QED) is 0.793. The molecule has 1 aromatic carbocycles. The number of piperidine rings is 1. The number of halogens is 4. The van der Waals surface area contributed by atoms with E-state index in [-0.39, 0.29) is 30.6 Å². The number of carbonyl (C=O) groups excluding carboxylic acids is 1. The fourth-order valence-electron chi connectivity index (χ4n) is 2.61. The van der Waals surface area contributed by atoms with Crippen molar-refractivity contribution in [1.82, 2.24) is 10.6 Å². The molecule has 0 aromatic heterocycles. The summed E-state index contributed by atoms with van der Waals surface area (Å²) < 4.78 is 46.7. The summed E-state index contributed by atoms with van der Waals surface area (Å²) in [5.41, 5.74) is -0.196. The van der Waals surface area contributed by atoms with E-state index < -0.39 is 18.4 Å². The van der Waals surface area contributed by atoms with Gasteiger partial charge in [-0.25, -0.2) is 0 Å². The Kier molecular flexibility index (Phi) is 7.98. The standard InChI is InChI=1S/C16H21F3N2O3.ClH/c1-23-15(5-7-20-8-6-15)14(22)21-10-12-3-2-4-13(9-12)24-11-16(17,18)19;/h2-4,9,20H,5-8,10-11H2,1H3,(H,21,22);1H. The number of amides is 1. The Morgan fingerprint density at radius 1 is 1.32 bits per heavy atom. The van der Waals surface area contributed by atoms with Crippen LogP contribution in [0, 0.1) is 0 Å². The molecule has 0 unspecified atom stereocenters. The molecular weight excluding hydrogens is 361 g/mol. The Balaban J connectivity index is 0.00000312. The van der Waals surface area contributed by atoms with Crippen molar-refractivity contribution in [2.75, 3.05) is 26.8 Å². The van der Waals surface area contributed by atoms with Gasteiger partial charge in [-0.1, -0.05) is 12.1 Å². The molecule has 1 fully saturated rings. The van der Waals surface area contributed by atoms with E-state index in [1.807, 2.05) is 0 Å². The number of ether oxygens (including phenoxy) is 2. The lowest BCUT2D eigenvalue weighted by Crippen LogP contribution is -2.53. The van der Waals surface area contributed by atoms with Crippen molar-refractivity contribution in [1.29, 1.82) is 0 Å². The zero-order valence-corrected chi connectivity index (χ0v) is 14.6. The lowest BCUT2D eigenvalue weighted by atomic mass is 9.91. The summed E-state index contributed by atoms with van der Waals surface area (Å²) >= 11 is 0. The molecule has 142 valence electrons. The summed E-state index contributed by atoms with van der Waals surface area (Å²) in [6, 6.07) is 6.22. The number of methoxy groups -OCH3 is 1. The highest BCUT2D eigenvalue weighted by atomic mass is 35.5. The van der Waals surface area contributed by atoms with Gasteiger partial charge in [0.2, 0.25) is 0 Å². The number of rotatable bonds is 6. The highest BCUT2D eigenvalue weighted by Crippen LogP contribution is 2.23. The Morgan fingerprint density at radius 3 is 2.60 bits per heavy atom. The smallest absolute Gasteiger partial charge is 0.422 e. The van der Waals surface area contributed by atoms with E-state index in [4.69, 9.17) is 9.47 Å². The highest BCUT2D eigenvalue weighted by molar-refractivity contribution is 5.85. The zero-order valence-electron chi connectivity index (χ0n) is 13.8. The molecule has 2 rings (SSSR count). The van der Waals surface area contributed by atoms with Gasteiger partial charge in [0.1, 0.15) is 11.4 Å². The van der Waals surface area contributed by atoms with Gasteiger partial charge in [-0.2, -0.15) is 13.2 Å². The Bertz CT molecular complexity index is 564. The lowest BCUT2D eigenvalue weighted by molar-refractivity contribution is -0.153. The van der Waals surface area contributed by atoms with Crippen LogP contribution in [0.5, 0.6) is 5.75 Å². The maximum Gasteiger partial charge on any atom is 0.422 e. The van der Waals surface area contributed by atoms with Crippen molar-refractivity contribution in [3.63, 3.8) is 0 Å². The molecule has 1 aromatic rings. The molecule has 0 spiro atoms. The van der Waals surface area contributed by atoms with E-state index in [0.29, 0.717) is 31.5 Å². The van der Waals surface area contributed by atoms with Crippen LogP contribution in [-0.2, 0) is 16.1 Å². The summed E-state index contributed by atoms with van der Waals surface area (Å²) in [7, 11) is 1.51. The van der Waals surface area contributed by atoms with Crippen molar-refractivity contribution >= 4 is 18.3 Å². The van der Waals surface area contributed by atoms with Crippen LogP contribution in [0.15, 0.2) is 24.3 Å². The summed E-state index contributed by atoms with van der Waals surface area (Å²) in [5.74, 6) is -0.101. The van der Waals surface area contributed by atoms with Crippen LogP contribution in [0.4, 0.5) is 13.2 Å². The fraction of sp³-hybridized carbons (Fsp3) is 0.562. The van der Waals surface area contributed by atoms with Crippen LogP contribution in [0.1, 0.15) is 18.4 Å². The van der Waals surface area contributed by atoms with Crippen molar-refractivity contribution in [3.05, 3.63) is 29.8 Å². The number of hydrogen-bond acceptors (Lipinski definition) is 4.